The Kier molecular flexibility index (Phi) is 4.92. The van der Waals surface area contributed by atoms with E-state index >= 15 is 0 Å². The average molecular weight is 341 g/mol. The number of aromatic nitrogens is 4. The van der Waals surface area contributed by atoms with E-state index in [2.05, 4.69) is 19.9 Å². The van der Waals surface area contributed by atoms with E-state index in [1.54, 1.807) is 23.6 Å². The molecule has 7 heteroatoms. The van der Waals surface area contributed by atoms with Crippen molar-refractivity contribution >= 4 is 6.09 Å². The fourth-order valence-corrected chi connectivity index (χ4v) is 3.19. The van der Waals surface area contributed by atoms with E-state index in [9.17, 15) is 4.79 Å². The minimum Gasteiger partial charge on any atom is -0.444 e. The second-order valence-corrected chi connectivity index (χ2v) is 7.14. The highest BCUT2D eigenvalue weighted by molar-refractivity contribution is 5.69. The summed E-state index contributed by atoms with van der Waals surface area (Å²) < 4.78 is 5.62. The predicted octanol–water partition coefficient (Wildman–Crippen LogP) is 3.12. The SMILES string of the molecule is CC(C)(C)OC(=O)N1CCCC(c2ccncn2)C1c1ccncn1. The van der Waals surface area contributed by atoms with Gasteiger partial charge in [-0.05, 0) is 45.7 Å². The third-order valence-electron chi connectivity index (χ3n) is 4.15. The summed E-state index contributed by atoms with van der Waals surface area (Å²) in [6.45, 7) is 6.24. The van der Waals surface area contributed by atoms with E-state index in [4.69, 9.17) is 4.74 Å². The summed E-state index contributed by atoms with van der Waals surface area (Å²) in [4.78, 5) is 31.4. The molecule has 1 saturated heterocycles. The number of carbonyl (C=O) groups is 1. The van der Waals surface area contributed by atoms with E-state index in [1.807, 2.05) is 32.9 Å². The zero-order valence-electron chi connectivity index (χ0n) is 14.8. The Balaban J connectivity index is 1.97. The summed E-state index contributed by atoms with van der Waals surface area (Å²) in [5.74, 6) is 0.0409. The van der Waals surface area contributed by atoms with Gasteiger partial charge in [0.05, 0.1) is 11.7 Å². The maximum Gasteiger partial charge on any atom is 0.410 e. The van der Waals surface area contributed by atoms with Gasteiger partial charge in [0.1, 0.15) is 18.3 Å². The highest BCUT2D eigenvalue weighted by Gasteiger charge is 2.39. The number of likely N-dealkylation sites (tertiary alicyclic amines) is 1. The molecule has 0 radical (unpaired) electrons. The molecule has 0 spiro atoms. The normalized spacial score (nSPS) is 21.0. The van der Waals surface area contributed by atoms with Gasteiger partial charge in [-0.3, -0.25) is 4.90 Å². The van der Waals surface area contributed by atoms with E-state index in [-0.39, 0.29) is 18.1 Å². The van der Waals surface area contributed by atoms with Gasteiger partial charge in [0.25, 0.3) is 0 Å². The monoisotopic (exact) mass is 341 g/mol. The first kappa shape index (κ1) is 17.3. The molecule has 132 valence electrons. The number of carbonyl (C=O) groups excluding carboxylic acids is 1. The number of hydrogen-bond donors (Lipinski definition) is 0. The molecule has 2 atom stereocenters. The molecular weight excluding hydrogens is 318 g/mol. The highest BCUT2D eigenvalue weighted by atomic mass is 16.6. The smallest absolute Gasteiger partial charge is 0.410 e. The molecular formula is C18H23N5O2. The summed E-state index contributed by atoms with van der Waals surface area (Å²) in [6, 6.07) is 3.51. The van der Waals surface area contributed by atoms with Crippen molar-refractivity contribution in [3.05, 3.63) is 48.6 Å². The van der Waals surface area contributed by atoms with E-state index in [0.29, 0.717) is 6.54 Å². The van der Waals surface area contributed by atoms with Gasteiger partial charge in [-0.1, -0.05) is 0 Å². The zero-order chi connectivity index (χ0) is 17.9. The van der Waals surface area contributed by atoms with Gasteiger partial charge in [0, 0.05) is 30.6 Å². The number of rotatable bonds is 2. The first-order valence-corrected chi connectivity index (χ1v) is 8.47. The molecule has 2 aromatic rings. The Morgan fingerprint density at radius 2 is 1.76 bits per heavy atom. The van der Waals surface area contributed by atoms with Gasteiger partial charge in [-0.25, -0.2) is 24.7 Å². The van der Waals surface area contributed by atoms with Crippen molar-refractivity contribution in [1.29, 1.82) is 0 Å². The molecule has 1 aliphatic heterocycles. The third kappa shape index (κ3) is 4.10. The van der Waals surface area contributed by atoms with E-state index < -0.39 is 5.60 Å². The molecule has 1 amide bonds. The van der Waals surface area contributed by atoms with Gasteiger partial charge in [-0.2, -0.15) is 0 Å². The van der Waals surface area contributed by atoms with Crippen molar-refractivity contribution < 1.29 is 9.53 Å². The molecule has 1 fully saturated rings. The Morgan fingerprint density at radius 1 is 1.12 bits per heavy atom. The molecule has 0 bridgehead atoms. The van der Waals surface area contributed by atoms with Crippen molar-refractivity contribution in [3.63, 3.8) is 0 Å². The van der Waals surface area contributed by atoms with Crippen molar-refractivity contribution in [1.82, 2.24) is 24.8 Å². The topological polar surface area (TPSA) is 81.1 Å². The highest BCUT2D eigenvalue weighted by Crippen LogP contribution is 2.41. The van der Waals surface area contributed by atoms with Crippen LogP contribution in [-0.4, -0.2) is 43.1 Å². The molecule has 7 nitrogen and oxygen atoms in total. The van der Waals surface area contributed by atoms with E-state index in [1.165, 1.54) is 6.33 Å². The summed E-state index contributed by atoms with van der Waals surface area (Å²) in [7, 11) is 0. The molecule has 2 unspecified atom stereocenters. The van der Waals surface area contributed by atoms with E-state index in [0.717, 1.165) is 24.2 Å². The van der Waals surface area contributed by atoms with Gasteiger partial charge < -0.3 is 4.74 Å². The fourth-order valence-electron chi connectivity index (χ4n) is 3.19. The lowest BCUT2D eigenvalue weighted by molar-refractivity contribution is 0.00515. The van der Waals surface area contributed by atoms with Gasteiger partial charge >= 0.3 is 6.09 Å². The fraction of sp³-hybridized carbons (Fsp3) is 0.500. The maximum atomic E-state index is 12.8. The molecule has 1 aliphatic rings. The van der Waals surface area contributed by atoms with Crippen LogP contribution >= 0.6 is 0 Å². The summed E-state index contributed by atoms with van der Waals surface area (Å²) in [6.07, 6.45) is 7.95. The van der Waals surface area contributed by atoms with Crippen LogP contribution < -0.4 is 0 Å². The van der Waals surface area contributed by atoms with Crippen molar-refractivity contribution in [2.75, 3.05) is 6.54 Å². The van der Waals surface area contributed by atoms with Crippen molar-refractivity contribution in [2.45, 2.75) is 51.2 Å². The lowest BCUT2D eigenvalue weighted by atomic mass is 9.84. The van der Waals surface area contributed by atoms with Crippen molar-refractivity contribution in [2.24, 2.45) is 0 Å². The largest absolute Gasteiger partial charge is 0.444 e. The lowest BCUT2D eigenvalue weighted by Gasteiger charge is -2.41. The molecule has 3 heterocycles. The molecule has 0 saturated carbocycles. The third-order valence-corrected chi connectivity index (χ3v) is 4.15. The predicted molar refractivity (Wildman–Crippen MR) is 91.7 cm³/mol. The number of piperidine rings is 1. The van der Waals surface area contributed by atoms with Crippen LogP contribution in [0.4, 0.5) is 4.79 Å². The van der Waals surface area contributed by atoms with Crippen molar-refractivity contribution in [3.8, 4) is 0 Å². The molecule has 3 rings (SSSR count). The molecule has 0 N–H and O–H groups in total. The minimum absolute atomic E-state index is 0.0409. The van der Waals surface area contributed by atoms with Crippen LogP contribution in [0.2, 0.25) is 0 Å². The first-order chi connectivity index (χ1) is 12.0. The number of hydrogen-bond acceptors (Lipinski definition) is 6. The summed E-state index contributed by atoms with van der Waals surface area (Å²) in [5, 5.41) is 0. The zero-order valence-corrected chi connectivity index (χ0v) is 14.8. The van der Waals surface area contributed by atoms with Gasteiger partial charge in [-0.15, -0.1) is 0 Å². The van der Waals surface area contributed by atoms with Crippen LogP contribution in [0.3, 0.4) is 0 Å². The van der Waals surface area contributed by atoms with Crippen LogP contribution in [0, 0.1) is 0 Å². The lowest BCUT2D eigenvalue weighted by Crippen LogP contribution is -2.45. The molecule has 25 heavy (non-hydrogen) atoms. The maximum absolute atomic E-state index is 12.8. The van der Waals surface area contributed by atoms with Gasteiger partial charge in [0.2, 0.25) is 0 Å². The van der Waals surface area contributed by atoms with Crippen LogP contribution in [-0.2, 0) is 4.74 Å². The number of amides is 1. The van der Waals surface area contributed by atoms with Gasteiger partial charge in [0.15, 0.2) is 0 Å². The Morgan fingerprint density at radius 3 is 2.32 bits per heavy atom. The minimum atomic E-state index is -0.546. The standard InChI is InChI=1S/C18H23N5O2/c1-18(2,3)25-17(24)23-10-4-5-13(14-6-8-19-11-21-14)16(23)15-7-9-20-12-22-15/h6-9,11-13,16H,4-5,10H2,1-3H3. The summed E-state index contributed by atoms with van der Waals surface area (Å²) >= 11 is 0. The van der Waals surface area contributed by atoms with Crippen LogP contribution in [0.15, 0.2) is 37.2 Å². The second-order valence-electron chi connectivity index (χ2n) is 7.14. The second kappa shape index (κ2) is 7.13. The Hall–Kier alpha value is -2.57. The van der Waals surface area contributed by atoms with Crippen LogP contribution in [0.25, 0.3) is 0 Å². The molecule has 0 aliphatic carbocycles. The van der Waals surface area contributed by atoms with Crippen LogP contribution in [0.5, 0.6) is 0 Å². The number of nitrogens with zero attached hydrogens (tertiary/aromatic N) is 5. The average Bonchev–Trinajstić information content (AvgIpc) is 2.61. The first-order valence-electron chi connectivity index (χ1n) is 8.47. The Labute approximate surface area is 147 Å². The van der Waals surface area contributed by atoms with Crippen LogP contribution in [0.1, 0.15) is 57.0 Å². The Bertz CT molecular complexity index is 702. The quantitative estimate of drug-likeness (QED) is 0.835. The molecule has 2 aromatic heterocycles. The molecule has 0 aromatic carbocycles. The number of ether oxygens (including phenoxy) is 1. The summed E-state index contributed by atoms with van der Waals surface area (Å²) in [5.41, 5.74) is 1.16.